The standard InChI is InChI=1S/C23H35N5O/c1-3-7-16(2)27-23-26-15-20-21(28-23)19(17-8-5-4-6-9-17)14-25-22(20)29-18-10-12-24-13-11-18/h14-18,24H,3-13H2,1-2H3,(H,26,27,28). The Morgan fingerprint density at radius 3 is 2.66 bits per heavy atom. The van der Waals surface area contributed by atoms with Crippen LogP contribution in [0.4, 0.5) is 5.95 Å². The quantitative estimate of drug-likeness (QED) is 0.699. The van der Waals surface area contributed by atoms with E-state index in [0.29, 0.717) is 17.8 Å². The van der Waals surface area contributed by atoms with E-state index in [9.17, 15) is 0 Å². The summed E-state index contributed by atoms with van der Waals surface area (Å²) in [6, 6.07) is 0.364. The first-order valence-electron chi connectivity index (χ1n) is 11.5. The van der Waals surface area contributed by atoms with Gasteiger partial charge in [0.1, 0.15) is 6.10 Å². The fourth-order valence-corrected chi connectivity index (χ4v) is 4.69. The van der Waals surface area contributed by atoms with Crippen molar-refractivity contribution in [3.63, 3.8) is 0 Å². The van der Waals surface area contributed by atoms with E-state index in [4.69, 9.17) is 14.7 Å². The fraction of sp³-hybridized carbons (Fsp3) is 0.696. The summed E-state index contributed by atoms with van der Waals surface area (Å²) in [4.78, 5) is 14.3. The Morgan fingerprint density at radius 1 is 1.10 bits per heavy atom. The highest BCUT2D eigenvalue weighted by molar-refractivity contribution is 5.86. The molecule has 6 heteroatoms. The molecule has 2 N–H and O–H groups in total. The van der Waals surface area contributed by atoms with Crippen LogP contribution in [0.2, 0.25) is 0 Å². The molecule has 158 valence electrons. The van der Waals surface area contributed by atoms with Gasteiger partial charge in [-0.05, 0) is 58.0 Å². The maximum Gasteiger partial charge on any atom is 0.224 e. The number of pyridine rings is 1. The van der Waals surface area contributed by atoms with Crippen molar-refractivity contribution in [1.29, 1.82) is 0 Å². The molecule has 2 aromatic rings. The Bertz CT molecular complexity index is 799. The summed E-state index contributed by atoms with van der Waals surface area (Å²) in [5.74, 6) is 1.96. The van der Waals surface area contributed by atoms with Gasteiger partial charge in [0.25, 0.3) is 0 Å². The van der Waals surface area contributed by atoms with Crippen molar-refractivity contribution in [2.24, 2.45) is 0 Å². The number of nitrogens with one attached hydrogen (secondary N) is 2. The third-order valence-corrected chi connectivity index (χ3v) is 6.32. The van der Waals surface area contributed by atoms with E-state index in [1.165, 1.54) is 37.7 Å². The molecule has 2 aliphatic rings. The molecule has 29 heavy (non-hydrogen) atoms. The molecule has 0 aromatic carbocycles. The zero-order valence-corrected chi connectivity index (χ0v) is 17.9. The third kappa shape index (κ3) is 4.97. The Balaban J connectivity index is 1.67. The van der Waals surface area contributed by atoms with Gasteiger partial charge in [-0.25, -0.2) is 15.0 Å². The van der Waals surface area contributed by atoms with Gasteiger partial charge in [-0.1, -0.05) is 32.6 Å². The molecular weight excluding hydrogens is 362 g/mol. The highest BCUT2D eigenvalue weighted by Gasteiger charge is 2.23. The molecule has 1 atom stereocenters. The van der Waals surface area contributed by atoms with Gasteiger partial charge >= 0.3 is 0 Å². The summed E-state index contributed by atoms with van der Waals surface area (Å²) in [5, 5.41) is 7.83. The number of ether oxygens (including phenoxy) is 1. The second-order valence-corrected chi connectivity index (χ2v) is 8.71. The monoisotopic (exact) mass is 397 g/mol. The first-order valence-corrected chi connectivity index (χ1v) is 11.5. The zero-order chi connectivity index (χ0) is 20.1. The smallest absolute Gasteiger partial charge is 0.224 e. The Morgan fingerprint density at radius 2 is 1.90 bits per heavy atom. The third-order valence-electron chi connectivity index (χ3n) is 6.32. The molecule has 1 saturated heterocycles. The maximum absolute atomic E-state index is 6.32. The minimum Gasteiger partial charge on any atom is -0.474 e. The van der Waals surface area contributed by atoms with Crippen molar-refractivity contribution in [3.8, 4) is 5.88 Å². The molecule has 0 bridgehead atoms. The number of hydrogen-bond donors (Lipinski definition) is 2. The average Bonchev–Trinajstić information content (AvgIpc) is 2.75. The molecule has 0 spiro atoms. The van der Waals surface area contributed by atoms with Crippen LogP contribution in [-0.2, 0) is 0 Å². The molecule has 6 nitrogen and oxygen atoms in total. The van der Waals surface area contributed by atoms with Gasteiger partial charge in [0.15, 0.2) is 0 Å². The molecule has 1 aliphatic heterocycles. The van der Waals surface area contributed by atoms with E-state index in [1.807, 2.05) is 12.4 Å². The first-order chi connectivity index (χ1) is 14.2. The summed E-state index contributed by atoms with van der Waals surface area (Å²) >= 11 is 0. The molecule has 3 heterocycles. The summed E-state index contributed by atoms with van der Waals surface area (Å²) in [6.45, 7) is 6.40. The minimum atomic E-state index is 0.217. The summed E-state index contributed by atoms with van der Waals surface area (Å²) in [5.41, 5.74) is 2.29. The van der Waals surface area contributed by atoms with Gasteiger partial charge in [0.05, 0.1) is 10.9 Å². The Kier molecular flexibility index (Phi) is 6.80. The van der Waals surface area contributed by atoms with Crippen molar-refractivity contribution in [2.45, 2.75) is 89.7 Å². The molecular formula is C23H35N5O. The summed E-state index contributed by atoms with van der Waals surface area (Å²) in [6.07, 6.45) is 14.8. The predicted molar refractivity (Wildman–Crippen MR) is 118 cm³/mol. The number of aromatic nitrogens is 3. The van der Waals surface area contributed by atoms with E-state index in [2.05, 4.69) is 29.5 Å². The lowest BCUT2D eigenvalue weighted by Crippen LogP contribution is -2.34. The van der Waals surface area contributed by atoms with Crippen molar-refractivity contribution in [1.82, 2.24) is 20.3 Å². The first kappa shape index (κ1) is 20.3. The maximum atomic E-state index is 6.32. The van der Waals surface area contributed by atoms with Gasteiger partial charge in [-0.2, -0.15) is 0 Å². The molecule has 1 saturated carbocycles. The van der Waals surface area contributed by atoms with Crippen LogP contribution in [0.15, 0.2) is 12.4 Å². The summed E-state index contributed by atoms with van der Waals surface area (Å²) < 4.78 is 6.32. The number of anilines is 1. The van der Waals surface area contributed by atoms with Gasteiger partial charge in [0.2, 0.25) is 11.8 Å². The van der Waals surface area contributed by atoms with Gasteiger partial charge in [0, 0.05) is 24.0 Å². The highest BCUT2D eigenvalue weighted by atomic mass is 16.5. The summed E-state index contributed by atoms with van der Waals surface area (Å²) in [7, 11) is 0. The van der Waals surface area contributed by atoms with Gasteiger partial charge < -0.3 is 15.4 Å². The lowest BCUT2D eigenvalue weighted by molar-refractivity contribution is 0.158. The normalized spacial score (nSPS) is 19.9. The van der Waals surface area contributed by atoms with E-state index in [-0.39, 0.29) is 6.10 Å². The van der Waals surface area contributed by atoms with Crippen LogP contribution >= 0.6 is 0 Å². The number of rotatable bonds is 7. The number of hydrogen-bond acceptors (Lipinski definition) is 6. The second-order valence-electron chi connectivity index (χ2n) is 8.71. The van der Waals surface area contributed by atoms with Crippen LogP contribution in [0.5, 0.6) is 5.88 Å². The number of nitrogens with zero attached hydrogens (tertiary/aromatic N) is 3. The van der Waals surface area contributed by atoms with Crippen LogP contribution in [0.1, 0.15) is 83.1 Å². The Hall–Kier alpha value is -1.95. The van der Waals surface area contributed by atoms with Crippen LogP contribution in [0, 0.1) is 0 Å². The van der Waals surface area contributed by atoms with Crippen LogP contribution in [-0.4, -0.2) is 40.2 Å². The molecule has 0 amide bonds. The predicted octanol–water partition coefficient (Wildman–Crippen LogP) is 4.80. The minimum absolute atomic E-state index is 0.217. The second kappa shape index (κ2) is 9.70. The largest absolute Gasteiger partial charge is 0.474 e. The van der Waals surface area contributed by atoms with Crippen molar-refractivity contribution >= 4 is 16.9 Å². The SMILES string of the molecule is CCCC(C)Nc1ncc2c(OC3CCNCC3)ncc(C3CCCCC3)c2n1. The molecule has 2 fully saturated rings. The van der Waals surface area contributed by atoms with Gasteiger partial charge in [-0.3, -0.25) is 0 Å². The molecule has 1 unspecified atom stereocenters. The van der Waals surface area contributed by atoms with E-state index in [1.54, 1.807) is 0 Å². The fourth-order valence-electron chi connectivity index (χ4n) is 4.69. The number of fused-ring (bicyclic) bond motifs is 1. The topological polar surface area (TPSA) is 72.0 Å². The lowest BCUT2D eigenvalue weighted by Gasteiger charge is -2.26. The highest BCUT2D eigenvalue weighted by Crippen LogP contribution is 2.37. The van der Waals surface area contributed by atoms with Crippen molar-refractivity contribution < 1.29 is 4.74 Å². The Labute approximate surface area is 174 Å². The molecule has 0 radical (unpaired) electrons. The lowest BCUT2D eigenvalue weighted by atomic mass is 9.84. The molecule has 2 aromatic heterocycles. The molecule has 4 rings (SSSR count). The van der Waals surface area contributed by atoms with E-state index >= 15 is 0 Å². The molecule has 1 aliphatic carbocycles. The van der Waals surface area contributed by atoms with E-state index in [0.717, 1.165) is 55.6 Å². The van der Waals surface area contributed by atoms with E-state index < -0.39 is 0 Å². The van der Waals surface area contributed by atoms with Crippen molar-refractivity contribution in [2.75, 3.05) is 18.4 Å². The average molecular weight is 398 g/mol. The van der Waals surface area contributed by atoms with Crippen LogP contribution < -0.4 is 15.4 Å². The van der Waals surface area contributed by atoms with Crippen LogP contribution in [0.3, 0.4) is 0 Å². The number of piperidine rings is 1. The van der Waals surface area contributed by atoms with Gasteiger partial charge in [-0.15, -0.1) is 0 Å². The van der Waals surface area contributed by atoms with Crippen molar-refractivity contribution in [3.05, 3.63) is 18.0 Å². The zero-order valence-electron chi connectivity index (χ0n) is 17.9. The van der Waals surface area contributed by atoms with Crippen LogP contribution in [0.25, 0.3) is 10.9 Å².